The number of hydroxylamine groups is 2. The van der Waals surface area contributed by atoms with Crippen LogP contribution >= 0.6 is 0 Å². The number of aliphatic imine (C=N–C) groups is 1. The number of phenols is 1. The highest BCUT2D eigenvalue weighted by Gasteiger charge is 2.58. The Balaban J connectivity index is 1.25. The molecule has 0 spiro atoms. The number of carbonyl (C=O) groups is 2. The third-order valence-corrected chi connectivity index (χ3v) is 10.7. The van der Waals surface area contributed by atoms with Crippen LogP contribution in [0.3, 0.4) is 0 Å². The summed E-state index contributed by atoms with van der Waals surface area (Å²) < 4.78 is 23.3. The van der Waals surface area contributed by atoms with Crippen LogP contribution in [-0.4, -0.2) is 128 Å². The number of hydrogen-bond acceptors (Lipinski definition) is 17. The number of carboxylic acid groups (broad SMARTS) is 1. The summed E-state index contributed by atoms with van der Waals surface area (Å²) in [4.78, 5) is 50.1. The van der Waals surface area contributed by atoms with Crippen molar-refractivity contribution in [2.75, 3.05) is 26.8 Å². The van der Waals surface area contributed by atoms with Gasteiger partial charge in [0.05, 0.1) is 28.9 Å². The first-order valence-electron chi connectivity index (χ1n) is 19.3. The third kappa shape index (κ3) is 8.52. The van der Waals surface area contributed by atoms with E-state index in [2.05, 4.69) is 10.3 Å². The van der Waals surface area contributed by atoms with Crippen molar-refractivity contribution in [1.29, 1.82) is 0 Å². The Kier molecular flexibility index (Phi) is 12.4. The molecule has 18 heteroatoms. The van der Waals surface area contributed by atoms with Crippen LogP contribution in [0, 0.1) is 19.8 Å². The number of allylic oxidation sites excluding steroid dienone is 1. The molecule has 0 aliphatic carbocycles. The topological polar surface area (TPSA) is 271 Å². The van der Waals surface area contributed by atoms with Crippen LogP contribution in [0.15, 0.2) is 98.5 Å². The number of aryl methyl sites for hydroxylation is 2. The van der Waals surface area contributed by atoms with Crippen LogP contribution in [0.4, 0.5) is 0 Å². The summed E-state index contributed by atoms with van der Waals surface area (Å²) in [5.41, 5.74) is 4.89. The van der Waals surface area contributed by atoms with E-state index >= 15 is 0 Å². The molecule has 3 aromatic carbocycles. The number of nitrogens with zero attached hydrogens (tertiary/aromatic N) is 2. The van der Waals surface area contributed by atoms with Crippen molar-refractivity contribution in [2.45, 2.75) is 62.8 Å². The zero-order chi connectivity index (χ0) is 43.7. The Labute approximate surface area is 347 Å². The van der Waals surface area contributed by atoms with Crippen molar-refractivity contribution in [3.63, 3.8) is 0 Å². The molecule has 18 nitrogen and oxygen atoms in total. The zero-order valence-corrected chi connectivity index (χ0v) is 33.2. The summed E-state index contributed by atoms with van der Waals surface area (Å²) >= 11 is 0. The number of hydrogen-bond donors (Lipinski definition) is 8. The van der Waals surface area contributed by atoms with Gasteiger partial charge in [0.15, 0.2) is 23.6 Å². The number of carboxylic acids is 1. The van der Waals surface area contributed by atoms with Gasteiger partial charge in [0, 0.05) is 36.1 Å². The summed E-state index contributed by atoms with van der Waals surface area (Å²) in [7, 11) is 1.35. The highest BCUT2D eigenvalue weighted by Crippen LogP contribution is 2.41. The molecule has 3 aliphatic rings. The molecule has 8 N–H and O–H groups in total. The Morgan fingerprint density at radius 2 is 1.74 bits per heavy atom. The molecule has 4 aromatic rings. The first-order chi connectivity index (χ1) is 29.2. The van der Waals surface area contributed by atoms with E-state index < -0.39 is 79.0 Å². The lowest BCUT2D eigenvalue weighted by Crippen LogP contribution is -2.68. The van der Waals surface area contributed by atoms with Gasteiger partial charge in [-0.2, -0.15) is 0 Å². The van der Waals surface area contributed by atoms with E-state index in [9.17, 15) is 50.1 Å². The minimum Gasteiger partial charge on any atom is -0.508 e. The molecule has 1 fully saturated rings. The maximum atomic E-state index is 13.5. The number of rotatable bonds is 15. The monoisotopic (exact) mass is 843 g/mol. The van der Waals surface area contributed by atoms with Gasteiger partial charge in [-0.15, -0.1) is 0 Å². The second-order valence-electron chi connectivity index (χ2n) is 15.0. The van der Waals surface area contributed by atoms with E-state index in [1.165, 1.54) is 48.7 Å². The second kappa shape index (κ2) is 17.6. The minimum absolute atomic E-state index is 0.0136. The Morgan fingerprint density at radius 1 is 1.02 bits per heavy atom. The number of carbonyl (C=O) groups excluding carboxylic acids is 1. The van der Waals surface area contributed by atoms with Crippen LogP contribution in [0.2, 0.25) is 0 Å². The molecule has 61 heavy (non-hydrogen) atoms. The van der Waals surface area contributed by atoms with E-state index in [4.69, 9.17) is 23.5 Å². The maximum absolute atomic E-state index is 13.5. The summed E-state index contributed by atoms with van der Waals surface area (Å²) in [5, 5.41) is 78.9. The van der Waals surface area contributed by atoms with Crippen LogP contribution in [-0.2, 0) is 23.9 Å². The smallest absolute Gasteiger partial charge is 0.324 e. The average Bonchev–Trinajstić information content (AvgIpc) is 3.81. The lowest BCUT2D eigenvalue weighted by molar-refractivity contribution is -0.372. The molecule has 0 radical (unpaired) electrons. The normalized spacial score (nSPS) is 23.0. The van der Waals surface area contributed by atoms with Crippen molar-refractivity contribution in [2.24, 2.45) is 10.9 Å². The number of aromatic hydroxyl groups is 1. The zero-order valence-electron chi connectivity index (χ0n) is 33.2. The van der Waals surface area contributed by atoms with E-state index in [1.807, 2.05) is 32.0 Å². The van der Waals surface area contributed by atoms with Crippen molar-refractivity contribution in [1.82, 2.24) is 10.4 Å². The summed E-state index contributed by atoms with van der Waals surface area (Å²) in [5.74, 6) is -8.44. The largest absolute Gasteiger partial charge is 0.508 e. The lowest BCUT2D eigenvalue weighted by atomic mass is 9.92. The van der Waals surface area contributed by atoms with E-state index in [1.54, 1.807) is 24.4 Å². The van der Waals surface area contributed by atoms with Crippen molar-refractivity contribution in [3.05, 3.63) is 111 Å². The summed E-state index contributed by atoms with van der Waals surface area (Å²) in [6, 6.07) is 14.8. The number of aliphatic hydroxyl groups excluding tert-OH is 4. The Bertz CT molecular complexity index is 2440. The van der Waals surface area contributed by atoms with Crippen LogP contribution in [0.5, 0.6) is 11.5 Å². The molecule has 1 aromatic heterocycles. The van der Waals surface area contributed by atoms with Gasteiger partial charge in [-0.3, -0.25) is 24.2 Å². The van der Waals surface area contributed by atoms with Crippen molar-refractivity contribution >= 4 is 34.8 Å². The van der Waals surface area contributed by atoms with Crippen molar-refractivity contribution < 1.29 is 68.8 Å². The highest BCUT2D eigenvalue weighted by atomic mass is 16.8. The minimum atomic E-state index is -3.19. The molecule has 0 amide bonds. The Hall–Kier alpha value is -5.96. The van der Waals surface area contributed by atoms with E-state index in [0.29, 0.717) is 17.0 Å². The fourth-order valence-corrected chi connectivity index (χ4v) is 7.73. The first-order valence-corrected chi connectivity index (χ1v) is 19.3. The SMILES string of the molecule is CNC(CCO)C(C(=O)O)C(=O)OC(O)(CO)C1OC(Oc2ccc3c(=O)c(-c4ccc(O)cc4)coc3c2)C(ON2CC3=CC=NC3=C2c2cc(C)cc(C)c2)C(O)C1O. The van der Waals surface area contributed by atoms with Crippen molar-refractivity contribution in [3.8, 4) is 22.6 Å². The van der Waals surface area contributed by atoms with Crippen LogP contribution in [0.25, 0.3) is 27.8 Å². The molecule has 3 aliphatic heterocycles. The first kappa shape index (κ1) is 43.1. The van der Waals surface area contributed by atoms with Gasteiger partial charge in [-0.25, -0.2) is 5.06 Å². The highest BCUT2D eigenvalue weighted by molar-refractivity contribution is 5.95. The number of nitrogens with one attached hydrogen (secondary N) is 1. The van der Waals surface area contributed by atoms with Gasteiger partial charge in [0.2, 0.25) is 6.29 Å². The third-order valence-electron chi connectivity index (χ3n) is 10.7. The maximum Gasteiger partial charge on any atom is 0.324 e. The molecule has 0 saturated carbocycles. The molecule has 1 saturated heterocycles. The molecule has 0 bridgehead atoms. The van der Waals surface area contributed by atoms with Gasteiger partial charge in [-0.05, 0) is 75.4 Å². The quantitative estimate of drug-likeness (QED) is 0.0479. The summed E-state index contributed by atoms with van der Waals surface area (Å²) in [6.45, 7) is 2.02. The molecule has 8 atom stereocenters. The molecular formula is C43H45N3O15. The summed E-state index contributed by atoms with van der Waals surface area (Å²) in [6.07, 6.45) is -5.38. The standard InChI is InChI=1S/C43H45N3O15/c1-21-14-22(2)16-25(15-21)34-33-24(10-12-45-33)18-46(34)61-38-36(51)37(52)39(43(56,20-48)60-41(55)32(40(53)54)30(44-3)11-13-47)59-42(38)58-27-8-9-28-31(17-27)57-19-29(35(28)50)23-4-6-26(49)7-5-23/h4-10,12,14-17,19,30,32,36-39,42,44,47-49,51-52,56H,11,13,18,20H2,1-3H3,(H,53,54). The average molecular weight is 844 g/mol. The van der Waals surface area contributed by atoms with Gasteiger partial charge >= 0.3 is 11.9 Å². The van der Waals surface area contributed by atoms with Gasteiger partial charge in [-0.1, -0.05) is 29.3 Å². The number of aliphatic hydroxyl groups is 5. The fourth-order valence-electron chi connectivity index (χ4n) is 7.73. The number of phenolic OH excluding ortho intramolecular Hbond substituents is 1. The Morgan fingerprint density at radius 3 is 2.39 bits per heavy atom. The molecule has 7 rings (SSSR count). The van der Waals surface area contributed by atoms with Gasteiger partial charge in [0.1, 0.15) is 42.2 Å². The lowest BCUT2D eigenvalue weighted by Gasteiger charge is -2.47. The second-order valence-corrected chi connectivity index (χ2v) is 15.0. The molecular weight excluding hydrogens is 798 g/mol. The van der Waals surface area contributed by atoms with E-state index in [-0.39, 0.29) is 41.0 Å². The number of fused-ring (bicyclic) bond motifs is 2. The number of aliphatic carboxylic acids is 1. The fraction of sp³-hybridized carbons (Fsp3) is 0.349. The molecule has 4 heterocycles. The van der Waals surface area contributed by atoms with E-state index in [0.717, 1.165) is 22.3 Å². The predicted molar refractivity (Wildman–Crippen MR) is 216 cm³/mol. The number of esters is 1. The predicted octanol–water partition coefficient (Wildman–Crippen LogP) is 1.50. The van der Waals surface area contributed by atoms with Gasteiger partial charge in [0.25, 0.3) is 5.79 Å². The molecule has 8 unspecified atom stereocenters. The van der Waals surface area contributed by atoms with Crippen LogP contribution in [0.1, 0.15) is 23.1 Å². The van der Waals surface area contributed by atoms with Gasteiger partial charge < -0.3 is 59.7 Å². The number of ether oxygens (including phenoxy) is 3. The molecule has 322 valence electrons. The van der Waals surface area contributed by atoms with Crippen LogP contribution < -0.4 is 15.5 Å². The number of benzene rings is 3.